The summed E-state index contributed by atoms with van der Waals surface area (Å²) < 4.78 is 0. The van der Waals surface area contributed by atoms with E-state index in [0.717, 1.165) is 0 Å². The Morgan fingerprint density at radius 3 is 0.500 bits per heavy atom. The Labute approximate surface area is 68.9 Å². The summed E-state index contributed by atoms with van der Waals surface area (Å²) in [6, 6.07) is 0. The Balaban J connectivity index is 0. The van der Waals surface area contributed by atoms with Crippen molar-refractivity contribution in [3.05, 3.63) is 0 Å². The van der Waals surface area contributed by atoms with Crippen LogP contribution in [0.25, 0.3) is 0 Å². The summed E-state index contributed by atoms with van der Waals surface area (Å²) in [5, 5.41) is 0. The van der Waals surface area contributed by atoms with Gasteiger partial charge >= 0.3 is 0 Å². The average molecular weight is 291 g/mol. The molecule has 0 aliphatic carbocycles. The maximum absolute atomic E-state index is 0. The van der Waals surface area contributed by atoms with Gasteiger partial charge in [-0.1, -0.05) is 0 Å². The van der Waals surface area contributed by atoms with E-state index in [4.69, 9.17) is 0 Å². The first-order chi connectivity index (χ1) is 0. The molecule has 0 amide bonds. The van der Waals surface area contributed by atoms with Crippen LogP contribution in [0.1, 0.15) is 0 Å². The molecule has 0 atom stereocenters. The zero-order valence-corrected chi connectivity index (χ0v) is 7.74. The van der Waals surface area contributed by atoms with Gasteiger partial charge in [-0.15, -0.1) is 0 Å². The summed E-state index contributed by atoms with van der Waals surface area (Å²) in [6.45, 7) is 0. The molecule has 0 aliphatic rings. The molecule has 1 radical (unpaired) electrons. The third-order valence-corrected chi connectivity index (χ3v) is 0. The van der Waals surface area contributed by atoms with Crippen LogP contribution in [-0.2, 0) is 18.6 Å². The molecular weight excluding hydrogens is 291 g/mol. The first-order valence-corrected chi connectivity index (χ1v) is 0. The van der Waals surface area contributed by atoms with Gasteiger partial charge in [0.05, 0.1) is 0 Å². The standard InChI is InChI=1S/3BrH.V/h3*1H;/p-3. The number of halogens is 3. The fourth-order valence-electron chi connectivity index (χ4n) is 0. The Bertz CT molecular complexity index is 3.25. The van der Waals surface area contributed by atoms with E-state index in [2.05, 4.69) is 0 Å². The SMILES string of the molecule is [Br-].[Br-].[Br-].[V]. The van der Waals surface area contributed by atoms with Crippen molar-refractivity contribution in [2.45, 2.75) is 0 Å². The van der Waals surface area contributed by atoms with Crippen LogP contribution in [-0.4, -0.2) is 0 Å². The first-order valence-electron chi connectivity index (χ1n) is 0. The van der Waals surface area contributed by atoms with E-state index in [-0.39, 0.29) is 69.5 Å². The van der Waals surface area contributed by atoms with Crippen LogP contribution in [0.2, 0.25) is 0 Å². The molecule has 0 fully saturated rings. The Kier molecular flexibility index (Phi) is 184. The van der Waals surface area contributed by atoms with Gasteiger partial charge in [0, 0.05) is 18.6 Å². The van der Waals surface area contributed by atoms with Gasteiger partial charge in [-0.2, -0.15) is 0 Å². The Morgan fingerprint density at radius 2 is 0.500 bits per heavy atom. The maximum Gasteiger partial charge on any atom is 0 e. The molecule has 4 heteroatoms. The minimum absolute atomic E-state index is 0. The zero-order valence-electron chi connectivity index (χ0n) is 1.58. The molecule has 0 aromatic rings. The Morgan fingerprint density at radius 1 is 0.500 bits per heavy atom. The van der Waals surface area contributed by atoms with E-state index in [9.17, 15) is 0 Å². The first kappa shape index (κ1) is 37.1. The van der Waals surface area contributed by atoms with E-state index in [0.29, 0.717) is 0 Å². The molecule has 29 valence electrons. The van der Waals surface area contributed by atoms with E-state index >= 15 is 0 Å². The summed E-state index contributed by atoms with van der Waals surface area (Å²) in [5.41, 5.74) is 0. The van der Waals surface area contributed by atoms with E-state index in [1.165, 1.54) is 0 Å². The number of rotatable bonds is 0. The molecule has 0 spiro atoms. The van der Waals surface area contributed by atoms with Crippen LogP contribution < -0.4 is 50.9 Å². The van der Waals surface area contributed by atoms with Gasteiger partial charge in [-0.05, 0) is 0 Å². The van der Waals surface area contributed by atoms with Gasteiger partial charge < -0.3 is 50.9 Å². The van der Waals surface area contributed by atoms with Crippen molar-refractivity contribution >= 4 is 0 Å². The van der Waals surface area contributed by atoms with E-state index in [1.54, 1.807) is 0 Å². The van der Waals surface area contributed by atoms with E-state index < -0.39 is 0 Å². The van der Waals surface area contributed by atoms with Gasteiger partial charge in [-0.25, -0.2) is 0 Å². The normalized spacial score (nSPS) is 0. The third-order valence-electron chi connectivity index (χ3n) is 0. The van der Waals surface area contributed by atoms with Crippen molar-refractivity contribution < 1.29 is 69.5 Å². The van der Waals surface area contributed by atoms with Gasteiger partial charge in [0.2, 0.25) is 0 Å². The van der Waals surface area contributed by atoms with Crippen molar-refractivity contribution in [2.75, 3.05) is 0 Å². The van der Waals surface area contributed by atoms with Crippen molar-refractivity contribution in [3.8, 4) is 0 Å². The summed E-state index contributed by atoms with van der Waals surface area (Å²) in [6.07, 6.45) is 0. The molecule has 0 bridgehead atoms. The quantitative estimate of drug-likeness (QED) is 0.416. The molecule has 4 heavy (non-hydrogen) atoms. The van der Waals surface area contributed by atoms with Crippen LogP contribution in [0.4, 0.5) is 0 Å². The monoisotopic (exact) mass is 288 g/mol. The van der Waals surface area contributed by atoms with Crippen molar-refractivity contribution in [1.82, 2.24) is 0 Å². The molecule has 0 nitrogen and oxygen atoms in total. The average Bonchev–Trinajstić information content (AvgIpc) is 0. The summed E-state index contributed by atoms with van der Waals surface area (Å²) in [5.74, 6) is 0. The molecule has 0 rings (SSSR count). The van der Waals surface area contributed by atoms with Crippen LogP contribution in [0.5, 0.6) is 0 Å². The summed E-state index contributed by atoms with van der Waals surface area (Å²) >= 11 is 0. The fourth-order valence-corrected chi connectivity index (χ4v) is 0. The van der Waals surface area contributed by atoms with Crippen LogP contribution in [0.3, 0.4) is 0 Å². The van der Waals surface area contributed by atoms with Gasteiger partial charge in [0.1, 0.15) is 0 Å². The van der Waals surface area contributed by atoms with Crippen LogP contribution in [0.15, 0.2) is 0 Å². The van der Waals surface area contributed by atoms with Gasteiger partial charge in [0.25, 0.3) is 0 Å². The minimum Gasteiger partial charge on any atom is -1.00 e. The van der Waals surface area contributed by atoms with Crippen molar-refractivity contribution in [2.24, 2.45) is 0 Å². The summed E-state index contributed by atoms with van der Waals surface area (Å²) in [7, 11) is 0. The molecule has 0 saturated heterocycles. The molecule has 0 aromatic carbocycles. The molecule has 0 aliphatic heterocycles. The second-order valence-electron chi connectivity index (χ2n) is 0. The van der Waals surface area contributed by atoms with Crippen LogP contribution in [0, 0.1) is 0 Å². The fraction of sp³-hybridized carbons (Fsp3) is 0. The third kappa shape index (κ3) is 8.98. The molecule has 0 heterocycles. The minimum atomic E-state index is 0. The molecule has 0 N–H and O–H groups in total. The van der Waals surface area contributed by atoms with Gasteiger partial charge in [0.15, 0.2) is 0 Å². The van der Waals surface area contributed by atoms with E-state index in [1.807, 2.05) is 0 Å². The predicted octanol–water partition coefficient (Wildman–Crippen LogP) is -8.99. The topological polar surface area (TPSA) is 0 Å². The molecule has 0 saturated carbocycles. The Hall–Kier alpha value is 2.02. The number of hydrogen-bond acceptors (Lipinski definition) is 0. The smallest absolute Gasteiger partial charge is 0 e. The predicted molar refractivity (Wildman–Crippen MR) is 0 cm³/mol. The number of hydrogen-bond donors (Lipinski definition) is 0. The molecule has 0 unspecified atom stereocenters. The second kappa shape index (κ2) is 19.9. The maximum atomic E-state index is 0. The molecule has 0 aromatic heterocycles. The van der Waals surface area contributed by atoms with Gasteiger partial charge in [-0.3, -0.25) is 0 Å². The van der Waals surface area contributed by atoms with Crippen molar-refractivity contribution in [3.63, 3.8) is 0 Å². The van der Waals surface area contributed by atoms with Crippen LogP contribution >= 0.6 is 0 Å². The second-order valence-corrected chi connectivity index (χ2v) is 0. The van der Waals surface area contributed by atoms with Crippen molar-refractivity contribution in [1.29, 1.82) is 0 Å². The largest absolute Gasteiger partial charge is 1.00 e. The summed E-state index contributed by atoms with van der Waals surface area (Å²) in [4.78, 5) is 0. The zero-order chi connectivity index (χ0) is 0. The molecular formula is Br3V-3.